The summed E-state index contributed by atoms with van der Waals surface area (Å²) in [5, 5.41) is 3.31. The number of benzene rings is 1. The molecule has 0 aromatic heterocycles. The summed E-state index contributed by atoms with van der Waals surface area (Å²) in [6.45, 7) is 8.26. The van der Waals surface area contributed by atoms with Gasteiger partial charge < -0.3 is 10.1 Å². The minimum atomic E-state index is 0.457. The summed E-state index contributed by atoms with van der Waals surface area (Å²) in [4.78, 5) is 0. The van der Waals surface area contributed by atoms with Gasteiger partial charge in [0.05, 0.1) is 0 Å². The van der Waals surface area contributed by atoms with Crippen LogP contribution in [0.15, 0.2) is 18.2 Å². The van der Waals surface area contributed by atoms with Crippen molar-refractivity contribution in [3.8, 4) is 17.6 Å². The second-order valence-corrected chi connectivity index (χ2v) is 3.61. The molecule has 1 N–H and O–H groups in total. The van der Waals surface area contributed by atoms with E-state index in [-0.39, 0.29) is 0 Å². The van der Waals surface area contributed by atoms with E-state index in [4.69, 9.17) is 4.74 Å². The standard InChI is InChI=1S/C14H19NO/c1-4-6-9-16-14-8-7-12(3)10-13(14)11-15-5-2/h7-8,10,15H,5,9,11H2,1-3H3. The molecule has 2 heteroatoms. The SMILES string of the molecule is CC#CCOc1ccc(C)cc1CNCC. The first-order valence-corrected chi connectivity index (χ1v) is 5.60. The first kappa shape index (κ1) is 12.6. The van der Waals surface area contributed by atoms with E-state index >= 15 is 0 Å². The van der Waals surface area contributed by atoms with Crippen LogP contribution in [-0.2, 0) is 6.54 Å². The van der Waals surface area contributed by atoms with Gasteiger partial charge in [0.25, 0.3) is 0 Å². The molecule has 16 heavy (non-hydrogen) atoms. The Morgan fingerprint density at radius 2 is 2.19 bits per heavy atom. The van der Waals surface area contributed by atoms with E-state index in [1.807, 2.05) is 13.0 Å². The van der Waals surface area contributed by atoms with E-state index in [0.29, 0.717) is 6.61 Å². The summed E-state index contributed by atoms with van der Waals surface area (Å²) in [5.41, 5.74) is 2.45. The van der Waals surface area contributed by atoms with Crippen LogP contribution in [-0.4, -0.2) is 13.2 Å². The zero-order valence-corrected chi connectivity index (χ0v) is 10.3. The number of hydrogen-bond donors (Lipinski definition) is 1. The van der Waals surface area contributed by atoms with Crippen molar-refractivity contribution in [3.63, 3.8) is 0 Å². The third-order valence-electron chi connectivity index (χ3n) is 2.26. The Kier molecular flexibility index (Phi) is 5.45. The van der Waals surface area contributed by atoms with Gasteiger partial charge in [-0.1, -0.05) is 30.5 Å². The van der Waals surface area contributed by atoms with E-state index in [1.165, 1.54) is 11.1 Å². The van der Waals surface area contributed by atoms with Gasteiger partial charge in [0.2, 0.25) is 0 Å². The predicted octanol–water partition coefficient (Wildman–Crippen LogP) is 2.51. The van der Waals surface area contributed by atoms with E-state index in [1.54, 1.807) is 0 Å². The van der Waals surface area contributed by atoms with Gasteiger partial charge in [0.15, 0.2) is 0 Å². The average Bonchev–Trinajstić information content (AvgIpc) is 2.29. The number of nitrogens with one attached hydrogen (secondary N) is 1. The summed E-state index contributed by atoms with van der Waals surface area (Å²) in [6, 6.07) is 6.22. The Morgan fingerprint density at radius 1 is 1.38 bits per heavy atom. The second kappa shape index (κ2) is 6.92. The highest BCUT2D eigenvalue weighted by atomic mass is 16.5. The fourth-order valence-electron chi connectivity index (χ4n) is 1.43. The lowest BCUT2D eigenvalue weighted by Gasteiger charge is -2.10. The second-order valence-electron chi connectivity index (χ2n) is 3.61. The van der Waals surface area contributed by atoms with Crippen LogP contribution in [0.5, 0.6) is 5.75 Å². The van der Waals surface area contributed by atoms with Gasteiger partial charge in [-0.15, -0.1) is 5.92 Å². The maximum atomic E-state index is 5.62. The normalized spacial score (nSPS) is 9.44. The van der Waals surface area contributed by atoms with Gasteiger partial charge >= 0.3 is 0 Å². The van der Waals surface area contributed by atoms with E-state index in [9.17, 15) is 0 Å². The molecule has 0 saturated heterocycles. The molecule has 0 aliphatic rings. The lowest BCUT2D eigenvalue weighted by molar-refractivity contribution is 0.364. The van der Waals surface area contributed by atoms with Crippen LogP contribution >= 0.6 is 0 Å². The van der Waals surface area contributed by atoms with Gasteiger partial charge in [-0.05, 0) is 26.5 Å². The van der Waals surface area contributed by atoms with E-state index < -0.39 is 0 Å². The number of ether oxygens (including phenoxy) is 1. The molecule has 0 atom stereocenters. The maximum absolute atomic E-state index is 5.62. The van der Waals surface area contributed by atoms with Crippen molar-refractivity contribution in [2.24, 2.45) is 0 Å². The summed E-state index contributed by atoms with van der Waals surface area (Å²) in [5.74, 6) is 6.65. The monoisotopic (exact) mass is 217 g/mol. The Labute approximate surface area is 98.0 Å². The Morgan fingerprint density at radius 3 is 2.88 bits per heavy atom. The predicted molar refractivity (Wildman–Crippen MR) is 67.5 cm³/mol. The molecule has 0 spiro atoms. The third-order valence-corrected chi connectivity index (χ3v) is 2.26. The van der Waals surface area contributed by atoms with Crippen LogP contribution in [0.25, 0.3) is 0 Å². The Bertz CT molecular complexity index is 387. The van der Waals surface area contributed by atoms with Crippen molar-refractivity contribution >= 4 is 0 Å². The average molecular weight is 217 g/mol. The fourth-order valence-corrected chi connectivity index (χ4v) is 1.43. The third kappa shape index (κ3) is 3.96. The van der Waals surface area contributed by atoms with Crippen LogP contribution in [0, 0.1) is 18.8 Å². The maximum Gasteiger partial charge on any atom is 0.149 e. The van der Waals surface area contributed by atoms with Crippen molar-refractivity contribution in [2.75, 3.05) is 13.2 Å². The molecule has 0 bridgehead atoms. The van der Waals surface area contributed by atoms with E-state index in [2.05, 4.69) is 43.1 Å². The summed E-state index contributed by atoms with van der Waals surface area (Å²) < 4.78 is 5.62. The molecule has 0 unspecified atom stereocenters. The van der Waals surface area contributed by atoms with Crippen molar-refractivity contribution in [3.05, 3.63) is 29.3 Å². The summed E-state index contributed by atoms with van der Waals surface area (Å²) in [7, 11) is 0. The molecule has 0 heterocycles. The molecule has 1 aromatic rings. The van der Waals surface area contributed by atoms with Gasteiger partial charge in [0, 0.05) is 12.1 Å². The molecular weight excluding hydrogens is 198 g/mol. The topological polar surface area (TPSA) is 21.3 Å². The molecule has 1 aromatic carbocycles. The zero-order valence-electron chi connectivity index (χ0n) is 10.3. The fraction of sp³-hybridized carbons (Fsp3) is 0.429. The first-order chi connectivity index (χ1) is 7.77. The van der Waals surface area contributed by atoms with Gasteiger partial charge in [0.1, 0.15) is 12.4 Å². The molecule has 0 radical (unpaired) electrons. The van der Waals surface area contributed by atoms with Crippen LogP contribution in [0.2, 0.25) is 0 Å². The molecule has 0 aliphatic heterocycles. The summed E-state index contributed by atoms with van der Waals surface area (Å²) in [6.07, 6.45) is 0. The van der Waals surface area contributed by atoms with Crippen LogP contribution < -0.4 is 10.1 Å². The van der Waals surface area contributed by atoms with E-state index in [0.717, 1.165) is 18.8 Å². The highest BCUT2D eigenvalue weighted by Crippen LogP contribution is 2.19. The first-order valence-electron chi connectivity index (χ1n) is 5.60. The molecule has 0 saturated carbocycles. The molecule has 0 amide bonds. The van der Waals surface area contributed by atoms with Gasteiger partial charge in [-0.3, -0.25) is 0 Å². The number of aryl methyl sites for hydroxylation is 1. The van der Waals surface area contributed by atoms with Crippen LogP contribution in [0.1, 0.15) is 25.0 Å². The highest BCUT2D eigenvalue weighted by Gasteiger charge is 2.02. The van der Waals surface area contributed by atoms with Crippen LogP contribution in [0.3, 0.4) is 0 Å². The smallest absolute Gasteiger partial charge is 0.149 e. The van der Waals surface area contributed by atoms with Gasteiger partial charge in [-0.2, -0.15) is 0 Å². The molecule has 86 valence electrons. The zero-order chi connectivity index (χ0) is 11.8. The lowest BCUT2D eigenvalue weighted by Crippen LogP contribution is -2.13. The Hall–Kier alpha value is -1.46. The van der Waals surface area contributed by atoms with Crippen LogP contribution in [0.4, 0.5) is 0 Å². The number of rotatable bonds is 5. The largest absolute Gasteiger partial charge is 0.481 e. The Balaban J connectivity index is 2.74. The minimum Gasteiger partial charge on any atom is -0.481 e. The molecule has 0 fully saturated rings. The molecule has 2 nitrogen and oxygen atoms in total. The van der Waals surface area contributed by atoms with Crippen molar-refractivity contribution in [1.29, 1.82) is 0 Å². The lowest BCUT2D eigenvalue weighted by atomic mass is 10.1. The highest BCUT2D eigenvalue weighted by molar-refractivity contribution is 5.37. The minimum absolute atomic E-state index is 0.457. The van der Waals surface area contributed by atoms with Crippen molar-refractivity contribution < 1.29 is 4.74 Å². The summed E-state index contributed by atoms with van der Waals surface area (Å²) >= 11 is 0. The molecular formula is C14H19NO. The van der Waals surface area contributed by atoms with Gasteiger partial charge in [-0.25, -0.2) is 0 Å². The van der Waals surface area contributed by atoms with Crippen molar-refractivity contribution in [2.45, 2.75) is 27.3 Å². The molecule has 1 rings (SSSR count). The quantitative estimate of drug-likeness (QED) is 0.765. The van der Waals surface area contributed by atoms with Crippen molar-refractivity contribution in [1.82, 2.24) is 5.32 Å². The number of hydrogen-bond acceptors (Lipinski definition) is 2. The molecule has 0 aliphatic carbocycles.